The summed E-state index contributed by atoms with van der Waals surface area (Å²) in [4.78, 5) is 26.1. The Hall–Kier alpha value is -1.07. The van der Waals surface area contributed by atoms with Crippen LogP contribution in [-0.4, -0.2) is 22.6 Å². The zero-order valence-electron chi connectivity index (χ0n) is 9.02. The van der Waals surface area contributed by atoms with Crippen LogP contribution in [0.3, 0.4) is 0 Å². The molecule has 0 N–H and O–H groups in total. The van der Waals surface area contributed by atoms with Gasteiger partial charge in [-0.1, -0.05) is 0 Å². The quantitative estimate of drug-likeness (QED) is 0.760. The molecule has 3 nitrogen and oxygen atoms in total. The van der Waals surface area contributed by atoms with Crippen LogP contribution < -0.4 is 0 Å². The van der Waals surface area contributed by atoms with Crippen molar-refractivity contribution >= 4 is 40.3 Å². The van der Waals surface area contributed by atoms with Crippen molar-refractivity contribution in [3.63, 3.8) is 0 Å². The van der Waals surface area contributed by atoms with Gasteiger partial charge in [0.25, 0.3) is 11.1 Å². The van der Waals surface area contributed by atoms with E-state index in [1.54, 1.807) is 24.3 Å². The number of hydrogen-bond acceptors (Lipinski definition) is 4. The van der Waals surface area contributed by atoms with E-state index in [-0.39, 0.29) is 11.1 Å². The van der Waals surface area contributed by atoms with Crippen LogP contribution in [0.4, 0.5) is 4.79 Å². The summed E-state index contributed by atoms with van der Waals surface area (Å²) in [6.07, 6.45) is 1.81. The first-order valence-electron chi connectivity index (χ1n) is 4.93. The topological polar surface area (TPSA) is 37.4 Å². The molecule has 0 unspecified atom stereocenters. The highest BCUT2D eigenvalue weighted by Gasteiger charge is 2.33. The van der Waals surface area contributed by atoms with Crippen molar-refractivity contribution in [2.75, 3.05) is 6.54 Å². The third-order valence-corrected chi connectivity index (χ3v) is 4.23. The molecular weight excluding hydrogens is 242 g/mol. The van der Waals surface area contributed by atoms with E-state index in [0.717, 1.165) is 22.2 Å². The number of aryl methyl sites for hydroxylation is 1. The largest absolute Gasteiger partial charge is 0.293 e. The van der Waals surface area contributed by atoms with Gasteiger partial charge < -0.3 is 0 Å². The second-order valence-corrected chi connectivity index (χ2v) is 5.33. The second kappa shape index (κ2) is 4.43. The van der Waals surface area contributed by atoms with Gasteiger partial charge in [-0.25, -0.2) is 0 Å². The molecule has 1 fully saturated rings. The Morgan fingerprint density at radius 1 is 1.44 bits per heavy atom. The van der Waals surface area contributed by atoms with Crippen molar-refractivity contribution in [2.24, 2.45) is 0 Å². The molecule has 2 rings (SSSR count). The highest BCUT2D eigenvalue weighted by Crippen LogP contribution is 2.33. The number of thiophene rings is 1. The van der Waals surface area contributed by atoms with E-state index in [9.17, 15) is 9.59 Å². The number of hydrogen-bond donors (Lipinski definition) is 0. The average Bonchev–Trinajstić information content (AvgIpc) is 2.74. The summed E-state index contributed by atoms with van der Waals surface area (Å²) in [5.74, 6) is -0.176. The predicted octanol–water partition coefficient (Wildman–Crippen LogP) is 3.11. The van der Waals surface area contributed by atoms with Crippen molar-refractivity contribution < 1.29 is 9.59 Å². The molecule has 0 spiro atoms. The van der Waals surface area contributed by atoms with E-state index in [0.29, 0.717) is 11.4 Å². The molecular formula is C11H11NO2S2. The number of carbonyl (C=O) groups is 2. The standard InChI is InChI=1S/C11H11NO2S2/c1-3-12-10(13)9(16-11(12)14)6-8-7(2)4-5-15-8/h4-6H,3H2,1-2H3/b9-6+. The maximum atomic E-state index is 11.8. The molecule has 0 radical (unpaired) electrons. The fraction of sp³-hybridized carbons (Fsp3) is 0.273. The van der Waals surface area contributed by atoms with E-state index in [1.807, 2.05) is 18.4 Å². The number of amides is 2. The van der Waals surface area contributed by atoms with Gasteiger partial charge in [0.05, 0.1) is 4.91 Å². The summed E-state index contributed by atoms with van der Waals surface area (Å²) in [5.41, 5.74) is 1.13. The summed E-state index contributed by atoms with van der Waals surface area (Å²) in [7, 11) is 0. The molecule has 0 atom stereocenters. The molecule has 0 aliphatic carbocycles. The number of imide groups is 1. The number of nitrogens with zero attached hydrogens (tertiary/aromatic N) is 1. The lowest BCUT2D eigenvalue weighted by Gasteiger charge is -2.06. The zero-order valence-corrected chi connectivity index (χ0v) is 10.7. The van der Waals surface area contributed by atoms with Crippen molar-refractivity contribution in [1.29, 1.82) is 0 Å². The summed E-state index contributed by atoms with van der Waals surface area (Å²) in [5, 5.41) is 1.80. The van der Waals surface area contributed by atoms with Gasteiger partial charge in [-0.3, -0.25) is 14.5 Å². The molecule has 5 heteroatoms. The molecule has 0 bridgehead atoms. The van der Waals surface area contributed by atoms with Crippen LogP contribution in [0.15, 0.2) is 16.4 Å². The van der Waals surface area contributed by atoms with Gasteiger partial charge >= 0.3 is 0 Å². The van der Waals surface area contributed by atoms with Gasteiger partial charge in [-0.2, -0.15) is 0 Å². The van der Waals surface area contributed by atoms with Gasteiger partial charge in [-0.05, 0) is 48.7 Å². The average molecular weight is 253 g/mol. The molecule has 0 aromatic carbocycles. The number of thioether (sulfide) groups is 1. The smallest absolute Gasteiger partial charge is 0.269 e. The Morgan fingerprint density at radius 3 is 2.69 bits per heavy atom. The lowest BCUT2D eigenvalue weighted by atomic mass is 10.2. The normalized spacial score (nSPS) is 18.9. The van der Waals surface area contributed by atoms with E-state index in [1.165, 1.54) is 4.90 Å². The van der Waals surface area contributed by atoms with Crippen molar-refractivity contribution in [3.8, 4) is 0 Å². The Morgan fingerprint density at radius 2 is 2.19 bits per heavy atom. The molecule has 1 aromatic heterocycles. The number of carbonyl (C=O) groups excluding carboxylic acids is 2. The predicted molar refractivity (Wildman–Crippen MR) is 67.4 cm³/mol. The van der Waals surface area contributed by atoms with Crippen LogP contribution in [0, 0.1) is 6.92 Å². The first-order valence-corrected chi connectivity index (χ1v) is 6.62. The van der Waals surface area contributed by atoms with Gasteiger partial charge in [-0.15, -0.1) is 11.3 Å². The van der Waals surface area contributed by atoms with Gasteiger partial charge in [0.15, 0.2) is 0 Å². The molecule has 2 amide bonds. The minimum absolute atomic E-state index is 0.173. The molecule has 84 valence electrons. The van der Waals surface area contributed by atoms with E-state index >= 15 is 0 Å². The summed E-state index contributed by atoms with van der Waals surface area (Å²) in [6.45, 7) is 4.23. The van der Waals surface area contributed by atoms with Crippen LogP contribution in [0.2, 0.25) is 0 Å². The van der Waals surface area contributed by atoms with E-state index in [2.05, 4.69) is 0 Å². The van der Waals surface area contributed by atoms with Crippen molar-refractivity contribution in [1.82, 2.24) is 4.90 Å². The highest BCUT2D eigenvalue weighted by molar-refractivity contribution is 8.18. The lowest BCUT2D eigenvalue weighted by Crippen LogP contribution is -2.27. The Kier molecular flexibility index (Phi) is 3.16. The van der Waals surface area contributed by atoms with E-state index in [4.69, 9.17) is 0 Å². The minimum atomic E-state index is -0.176. The fourth-order valence-corrected chi connectivity index (χ4v) is 3.24. The molecule has 2 heterocycles. The molecule has 1 aliphatic heterocycles. The Bertz CT molecular complexity index is 476. The molecule has 16 heavy (non-hydrogen) atoms. The maximum Gasteiger partial charge on any atom is 0.293 e. The third kappa shape index (κ3) is 1.92. The maximum absolute atomic E-state index is 11.8. The fourth-order valence-electron chi connectivity index (χ4n) is 1.42. The highest BCUT2D eigenvalue weighted by atomic mass is 32.2. The van der Waals surface area contributed by atoms with Crippen molar-refractivity contribution in [2.45, 2.75) is 13.8 Å². The third-order valence-electron chi connectivity index (χ3n) is 2.35. The molecule has 0 saturated carbocycles. The summed E-state index contributed by atoms with van der Waals surface area (Å²) < 4.78 is 0. The zero-order chi connectivity index (χ0) is 11.7. The van der Waals surface area contributed by atoms with Crippen LogP contribution in [0.5, 0.6) is 0 Å². The first kappa shape index (κ1) is 11.4. The van der Waals surface area contributed by atoms with Crippen molar-refractivity contribution in [3.05, 3.63) is 26.8 Å². The summed E-state index contributed by atoms with van der Waals surface area (Å²) in [6, 6.07) is 2.00. The van der Waals surface area contributed by atoms with Crippen LogP contribution in [0.25, 0.3) is 6.08 Å². The monoisotopic (exact) mass is 253 g/mol. The second-order valence-electron chi connectivity index (χ2n) is 3.39. The SMILES string of the molecule is CCN1C(=O)S/C(=C/c2sccc2C)C1=O. The molecule has 1 saturated heterocycles. The van der Waals surface area contributed by atoms with Gasteiger partial charge in [0, 0.05) is 11.4 Å². The van der Waals surface area contributed by atoms with Gasteiger partial charge in [0.1, 0.15) is 0 Å². The number of rotatable bonds is 2. The first-order chi connectivity index (χ1) is 7.63. The van der Waals surface area contributed by atoms with Crippen LogP contribution >= 0.6 is 23.1 Å². The number of likely N-dealkylation sites (N-methyl/N-ethyl adjacent to an activating group) is 1. The van der Waals surface area contributed by atoms with Crippen LogP contribution in [0.1, 0.15) is 17.4 Å². The Balaban J connectivity index is 2.31. The Labute approximate surface area is 102 Å². The lowest BCUT2D eigenvalue weighted by molar-refractivity contribution is -0.122. The minimum Gasteiger partial charge on any atom is -0.269 e. The molecule has 1 aromatic rings. The van der Waals surface area contributed by atoms with Crippen LogP contribution in [-0.2, 0) is 4.79 Å². The van der Waals surface area contributed by atoms with Gasteiger partial charge in [0.2, 0.25) is 0 Å². The molecule has 1 aliphatic rings. The summed E-state index contributed by atoms with van der Waals surface area (Å²) >= 11 is 2.60. The van der Waals surface area contributed by atoms with E-state index < -0.39 is 0 Å².